The highest BCUT2D eigenvalue weighted by Crippen LogP contribution is 2.35. The van der Waals surface area contributed by atoms with E-state index in [0.29, 0.717) is 5.82 Å². The predicted molar refractivity (Wildman–Crippen MR) is 67.1 cm³/mol. The van der Waals surface area contributed by atoms with E-state index in [9.17, 15) is 10.1 Å². The summed E-state index contributed by atoms with van der Waals surface area (Å²) < 4.78 is 0. The van der Waals surface area contributed by atoms with Crippen LogP contribution in [0.4, 0.5) is 17.5 Å². The van der Waals surface area contributed by atoms with Crippen LogP contribution in [0.25, 0.3) is 0 Å². The van der Waals surface area contributed by atoms with Crippen molar-refractivity contribution in [3.05, 3.63) is 16.3 Å². The molecule has 8 heteroatoms. The summed E-state index contributed by atoms with van der Waals surface area (Å²) in [5.41, 5.74) is 2.35. The lowest BCUT2D eigenvalue weighted by Crippen LogP contribution is -2.25. The molecule has 0 atom stereocenters. The number of nitrogens with one attached hydrogen (secondary N) is 1. The van der Waals surface area contributed by atoms with Gasteiger partial charge in [0, 0.05) is 13.1 Å². The zero-order valence-electron chi connectivity index (χ0n) is 10.4. The fourth-order valence-electron chi connectivity index (χ4n) is 2.09. The number of nitrogens with two attached hydrogens (primary N) is 1. The van der Waals surface area contributed by atoms with E-state index in [1.165, 1.54) is 6.20 Å². The molecule has 0 radical (unpaired) electrons. The first kappa shape index (κ1) is 12.5. The van der Waals surface area contributed by atoms with Gasteiger partial charge in [-0.1, -0.05) is 13.8 Å². The number of nitro groups is 1. The molecule has 1 aromatic rings. The summed E-state index contributed by atoms with van der Waals surface area (Å²) in [4.78, 5) is 20.3. The van der Waals surface area contributed by atoms with Crippen LogP contribution in [0.15, 0.2) is 6.20 Å². The smallest absolute Gasteiger partial charge is 0.329 e. The first-order valence-electron chi connectivity index (χ1n) is 5.66. The fraction of sp³-hybridized carbons (Fsp3) is 0.600. The Hall–Kier alpha value is -1.96. The lowest BCUT2D eigenvalue weighted by atomic mass is 9.93. The van der Waals surface area contributed by atoms with Crippen molar-refractivity contribution in [2.24, 2.45) is 11.3 Å². The SMILES string of the molecule is CC1(C)CCN(c2nc(NN)ncc2[N+](=O)[O-])C1. The number of hydrazine groups is 1. The van der Waals surface area contributed by atoms with Gasteiger partial charge in [-0.15, -0.1) is 0 Å². The zero-order chi connectivity index (χ0) is 13.3. The van der Waals surface area contributed by atoms with E-state index in [0.717, 1.165) is 19.5 Å². The van der Waals surface area contributed by atoms with Crippen LogP contribution in [-0.4, -0.2) is 28.0 Å². The van der Waals surface area contributed by atoms with Crippen LogP contribution in [0.3, 0.4) is 0 Å². The van der Waals surface area contributed by atoms with Gasteiger partial charge in [-0.2, -0.15) is 4.98 Å². The highest BCUT2D eigenvalue weighted by molar-refractivity contribution is 5.59. The van der Waals surface area contributed by atoms with Crippen molar-refractivity contribution in [3.63, 3.8) is 0 Å². The first-order valence-corrected chi connectivity index (χ1v) is 5.66. The van der Waals surface area contributed by atoms with Crippen LogP contribution in [0.5, 0.6) is 0 Å². The molecule has 3 N–H and O–H groups in total. The monoisotopic (exact) mass is 252 g/mol. The largest absolute Gasteiger partial charge is 0.350 e. The van der Waals surface area contributed by atoms with E-state index in [1.807, 2.05) is 4.90 Å². The van der Waals surface area contributed by atoms with Crippen molar-refractivity contribution in [3.8, 4) is 0 Å². The average molecular weight is 252 g/mol. The molecule has 1 saturated heterocycles. The van der Waals surface area contributed by atoms with Crippen LogP contribution in [-0.2, 0) is 0 Å². The summed E-state index contributed by atoms with van der Waals surface area (Å²) in [6.07, 6.45) is 2.16. The summed E-state index contributed by atoms with van der Waals surface area (Å²) in [6, 6.07) is 0. The number of hydrogen-bond acceptors (Lipinski definition) is 7. The maximum absolute atomic E-state index is 11.0. The second-order valence-electron chi connectivity index (χ2n) is 5.14. The topological polar surface area (TPSA) is 110 Å². The van der Waals surface area contributed by atoms with Gasteiger partial charge in [0.25, 0.3) is 0 Å². The van der Waals surface area contributed by atoms with Crippen LogP contribution in [0.1, 0.15) is 20.3 Å². The Morgan fingerprint density at radius 2 is 2.33 bits per heavy atom. The van der Waals surface area contributed by atoms with Gasteiger partial charge in [-0.3, -0.25) is 15.5 Å². The molecule has 0 amide bonds. The van der Waals surface area contributed by atoms with Crippen LogP contribution < -0.4 is 16.2 Å². The van der Waals surface area contributed by atoms with Gasteiger partial charge >= 0.3 is 5.69 Å². The van der Waals surface area contributed by atoms with Gasteiger partial charge < -0.3 is 4.90 Å². The summed E-state index contributed by atoms with van der Waals surface area (Å²) in [6.45, 7) is 5.73. The quantitative estimate of drug-likeness (QED) is 0.467. The maximum Gasteiger partial charge on any atom is 0.329 e. The van der Waals surface area contributed by atoms with E-state index in [1.54, 1.807) is 0 Å². The minimum Gasteiger partial charge on any atom is -0.350 e. The van der Waals surface area contributed by atoms with Crippen molar-refractivity contribution in [2.75, 3.05) is 23.4 Å². The summed E-state index contributed by atoms with van der Waals surface area (Å²) in [7, 11) is 0. The standard InChI is InChI=1S/C10H16N6O2/c1-10(2)3-4-15(6-10)8-7(16(17)18)5-12-9(13-8)14-11/h5H,3-4,6,11H2,1-2H3,(H,12,13,14). The number of hydrogen-bond donors (Lipinski definition) is 2. The Morgan fingerprint density at radius 1 is 1.61 bits per heavy atom. The van der Waals surface area contributed by atoms with E-state index < -0.39 is 4.92 Å². The van der Waals surface area contributed by atoms with E-state index in [-0.39, 0.29) is 17.1 Å². The minimum absolute atomic E-state index is 0.0910. The first-order chi connectivity index (χ1) is 8.43. The molecule has 18 heavy (non-hydrogen) atoms. The molecule has 1 fully saturated rings. The van der Waals surface area contributed by atoms with Crippen LogP contribution in [0.2, 0.25) is 0 Å². The third kappa shape index (κ3) is 2.33. The Kier molecular flexibility index (Phi) is 3.04. The third-order valence-electron chi connectivity index (χ3n) is 3.05. The van der Waals surface area contributed by atoms with Gasteiger partial charge in [0.15, 0.2) is 0 Å². The van der Waals surface area contributed by atoms with Crippen molar-refractivity contribution in [1.82, 2.24) is 9.97 Å². The number of anilines is 2. The molecule has 0 aromatic carbocycles. The lowest BCUT2D eigenvalue weighted by molar-refractivity contribution is -0.384. The van der Waals surface area contributed by atoms with Gasteiger partial charge in [0.2, 0.25) is 11.8 Å². The third-order valence-corrected chi connectivity index (χ3v) is 3.05. The maximum atomic E-state index is 11.0. The molecule has 0 saturated carbocycles. The van der Waals surface area contributed by atoms with Gasteiger partial charge in [-0.25, -0.2) is 10.8 Å². The molecule has 2 rings (SSSR count). The Bertz CT molecular complexity index is 475. The highest BCUT2D eigenvalue weighted by atomic mass is 16.6. The van der Waals surface area contributed by atoms with Gasteiger partial charge in [0.1, 0.15) is 6.20 Å². The Balaban J connectivity index is 2.38. The highest BCUT2D eigenvalue weighted by Gasteiger charge is 2.33. The summed E-state index contributed by atoms with van der Waals surface area (Å²) in [5.74, 6) is 5.74. The molecule has 98 valence electrons. The van der Waals surface area contributed by atoms with E-state index in [2.05, 4.69) is 29.2 Å². The fourth-order valence-corrected chi connectivity index (χ4v) is 2.09. The molecule has 0 bridgehead atoms. The van der Waals surface area contributed by atoms with E-state index in [4.69, 9.17) is 5.84 Å². The normalized spacial score (nSPS) is 17.8. The summed E-state index contributed by atoms with van der Waals surface area (Å²) >= 11 is 0. The van der Waals surface area contributed by atoms with Crippen molar-refractivity contribution in [2.45, 2.75) is 20.3 Å². The lowest BCUT2D eigenvalue weighted by Gasteiger charge is -2.20. The number of nitrogen functional groups attached to an aromatic ring is 1. The second kappa shape index (κ2) is 4.37. The molecular formula is C10H16N6O2. The number of rotatable bonds is 3. The molecule has 1 aromatic heterocycles. The zero-order valence-corrected chi connectivity index (χ0v) is 10.4. The number of aromatic nitrogens is 2. The number of nitrogens with zero attached hydrogens (tertiary/aromatic N) is 4. The second-order valence-corrected chi connectivity index (χ2v) is 5.14. The molecule has 8 nitrogen and oxygen atoms in total. The van der Waals surface area contributed by atoms with Gasteiger partial charge in [0.05, 0.1) is 4.92 Å². The van der Waals surface area contributed by atoms with Crippen molar-refractivity contribution < 1.29 is 4.92 Å². The van der Waals surface area contributed by atoms with Crippen LogP contribution >= 0.6 is 0 Å². The van der Waals surface area contributed by atoms with E-state index >= 15 is 0 Å². The molecule has 1 aliphatic rings. The van der Waals surface area contributed by atoms with Crippen LogP contribution in [0, 0.1) is 15.5 Å². The molecule has 0 aliphatic carbocycles. The Morgan fingerprint density at radius 3 is 2.83 bits per heavy atom. The molecular weight excluding hydrogens is 236 g/mol. The van der Waals surface area contributed by atoms with Gasteiger partial charge in [-0.05, 0) is 11.8 Å². The Labute approximate surface area is 104 Å². The van der Waals surface area contributed by atoms with Crippen molar-refractivity contribution in [1.29, 1.82) is 0 Å². The minimum atomic E-state index is -0.471. The average Bonchev–Trinajstić information content (AvgIpc) is 2.68. The molecule has 2 heterocycles. The molecule has 0 unspecified atom stereocenters. The molecule has 1 aliphatic heterocycles. The predicted octanol–water partition coefficient (Wildman–Crippen LogP) is 0.907. The summed E-state index contributed by atoms with van der Waals surface area (Å²) in [5, 5.41) is 11.0. The molecule has 0 spiro atoms. The van der Waals surface area contributed by atoms with Crippen molar-refractivity contribution >= 4 is 17.5 Å².